The van der Waals surface area contributed by atoms with Gasteiger partial charge in [-0.15, -0.1) is 0 Å². The van der Waals surface area contributed by atoms with Crippen molar-refractivity contribution in [2.24, 2.45) is 0 Å². The van der Waals surface area contributed by atoms with Crippen LogP contribution in [0.3, 0.4) is 0 Å². The molecule has 0 aliphatic rings. The molecule has 0 radical (unpaired) electrons. The van der Waals surface area contributed by atoms with Crippen LogP contribution in [0.5, 0.6) is 0 Å². The van der Waals surface area contributed by atoms with E-state index in [1.807, 2.05) is 0 Å². The first-order chi connectivity index (χ1) is 14.5. The second kappa shape index (κ2) is 10.6. The first-order valence-corrected chi connectivity index (χ1v) is 10.7. The summed E-state index contributed by atoms with van der Waals surface area (Å²) in [6, 6.07) is 34.6. The molecule has 0 bridgehead atoms. The van der Waals surface area contributed by atoms with Crippen LogP contribution in [0.15, 0.2) is 97.1 Å². The van der Waals surface area contributed by atoms with Gasteiger partial charge in [0.25, 0.3) is 0 Å². The van der Waals surface area contributed by atoms with E-state index in [0.29, 0.717) is 0 Å². The van der Waals surface area contributed by atoms with E-state index in [-0.39, 0.29) is 0 Å². The Morgan fingerprint density at radius 3 is 1.27 bits per heavy atom. The summed E-state index contributed by atoms with van der Waals surface area (Å²) >= 11 is 0. The maximum absolute atomic E-state index is 2.25. The van der Waals surface area contributed by atoms with Crippen LogP contribution in [0.25, 0.3) is 0 Å². The molecule has 0 N–H and O–H groups in total. The lowest BCUT2D eigenvalue weighted by molar-refractivity contribution is 1.13. The molecule has 0 aromatic heterocycles. The van der Waals surface area contributed by atoms with Gasteiger partial charge in [0.05, 0.1) is 0 Å². The van der Waals surface area contributed by atoms with Crippen molar-refractivity contribution in [1.29, 1.82) is 0 Å². The van der Waals surface area contributed by atoms with Gasteiger partial charge >= 0.3 is 0 Å². The highest BCUT2D eigenvalue weighted by Gasteiger charge is 2.01. The summed E-state index contributed by atoms with van der Waals surface area (Å²) in [5.74, 6) is 0. The molecule has 0 heterocycles. The second-order valence-electron chi connectivity index (χ2n) is 8.18. The summed E-state index contributed by atoms with van der Waals surface area (Å²) in [5, 5.41) is 0. The van der Waals surface area contributed by atoms with Gasteiger partial charge in [0.15, 0.2) is 0 Å². The number of benzene rings is 4. The van der Waals surface area contributed by atoms with Crippen molar-refractivity contribution in [1.82, 2.24) is 0 Å². The zero-order valence-electron chi connectivity index (χ0n) is 18.7. The van der Waals surface area contributed by atoms with Crippen molar-refractivity contribution in [2.45, 2.75) is 40.5 Å². The van der Waals surface area contributed by atoms with E-state index in [9.17, 15) is 0 Å². The summed E-state index contributed by atoms with van der Waals surface area (Å²) < 4.78 is 0. The molecule has 4 aromatic rings. The Morgan fingerprint density at radius 1 is 0.433 bits per heavy atom. The minimum Gasteiger partial charge on any atom is -0.0620 e. The first kappa shape index (κ1) is 21.6. The maximum atomic E-state index is 2.25. The SMILES string of the molecule is Cc1cccc(Cc2cccc(C)c2)c1.Cc1ccccc1Cc1ccccc1C. The van der Waals surface area contributed by atoms with E-state index < -0.39 is 0 Å². The van der Waals surface area contributed by atoms with Crippen LogP contribution in [0.2, 0.25) is 0 Å². The third-order valence-electron chi connectivity index (χ3n) is 5.48. The molecule has 0 unspecified atom stereocenters. The third kappa shape index (κ3) is 6.46. The molecule has 0 amide bonds. The maximum Gasteiger partial charge on any atom is -0.00205 e. The summed E-state index contributed by atoms with van der Waals surface area (Å²) in [6.07, 6.45) is 2.07. The average Bonchev–Trinajstić information content (AvgIpc) is 2.72. The van der Waals surface area contributed by atoms with Crippen LogP contribution >= 0.6 is 0 Å². The highest BCUT2D eigenvalue weighted by molar-refractivity contribution is 5.35. The molecule has 0 aliphatic heterocycles. The van der Waals surface area contributed by atoms with Gasteiger partial charge in [-0.2, -0.15) is 0 Å². The molecule has 4 rings (SSSR count). The Bertz CT molecular complexity index is 1000. The largest absolute Gasteiger partial charge is 0.0620 e. The van der Waals surface area contributed by atoms with Crippen LogP contribution in [0.1, 0.15) is 44.5 Å². The topological polar surface area (TPSA) is 0 Å². The van der Waals surface area contributed by atoms with E-state index >= 15 is 0 Å². The molecule has 0 saturated heterocycles. The average molecular weight is 393 g/mol. The number of rotatable bonds is 4. The Labute approximate surface area is 182 Å². The lowest BCUT2D eigenvalue weighted by Gasteiger charge is -2.07. The number of hydrogen-bond donors (Lipinski definition) is 0. The van der Waals surface area contributed by atoms with Gasteiger partial charge in [0, 0.05) is 0 Å². The van der Waals surface area contributed by atoms with Crippen molar-refractivity contribution in [2.75, 3.05) is 0 Å². The molecule has 0 heteroatoms. The van der Waals surface area contributed by atoms with E-state index in [0.717, 1.165) is 12.8 Å². The Morgan fingerprint density at radius 2 is 0.867 bits per heavy atom. The van der Waals surface area contributed by atoms with E-state index in [2.05, 4.69) is 125 Å². The minimum atomic E-state index is 1.03. The van der Waals surface area contributed by atoms with Gasteiger partial charge in [-0.3, -0.25) is 0 Å². The molecule has 0 spiro atoms. The fourth-order valence-electron chi connectivity index (χ4n) is 3.70. The Kier molecular flexibility index (Phi) is 7.63. The summed E-state index contributed by atoms with van der Waals surface area (Å²) in [4.78, 5) is 0. The molecule has 0 nitrogen and oxygen atoms in total. The predicted octanol–water partition coefficient (Wildman–Crippen LogP) is 7.79. The molecule has 0 atom stereocenters. The molecular formula is C30H32. The zero-order chi connectivity index (χ0) is 21.3. The normalized spacial score (nSPS) is 10.3. The lowest BCUT2D eigenvalue weighted by atomic mass is 9.98. The van der Waals surface area contributed by atoms with Crippen molar-refractivity contribution in [3.63, 3.8) is 0 Å². The molecule has 0 aliphatic carbocycles. The van der Waals surface area contributed by atoms with Gasteiger partial charge in [-0.1, -0.05) is 108 Å². The minimum absolute atomic E-state index is 1.03. The van der Waals surface area contributed by atoms with Crippen LogP contribution < -0.4 is 0 Å². The molecule has 0 saturated carbocycles. The summed E-state index contributed by atoms with van der Waals surface area (Å²) in [7, 11) is 0. The molecule has 4 aromatic carbocycles. The van der Waals surface area contributed by atoms with Crippen LogP contribution in [-0.2, 0) is 12.8 Å². The Balaban J connectivity index is 0.000000171. The van der Waals surface area contributed by atoms with Gasteiger partial charge < -0.3 is 0 Å². The van der Waals surface area contributed by atoms with Gasteiger partial charge in [-0.25, -0.2) is 0 Å². The standard InChI is InChI=1S/2C15H16/c1-12-5-3-7-14(9-12)11-15-8-4-6-13(2)10-15;1-12-7-3-5-9-14(12)11-15-10-6-4-8-13(15)2/h2*3-10H,11H2,1-2H3. The molecule has 30 heavy (non-hydrogen) atoms. The fourth-order valence-corrected chi connectivity index (χ4v) is 3.70. The Hall–Kier alpha value is -3.12. The van der Waals surface area contributed by atoms with Gasteiger partial charge in [0.2, 0.25) is 0 Å². The smallest absolute Gasteiger partial charge is 0.00205 e. The van der Waals surface area contributed by atoms with Crippen LogP contribution in [0, 0.1) is 27.7 Å². The van der Waals surface area contributed by atoms with Crippen molar-refractivity contribution in [3.8, 4) is 0 Å². The lowest BCUT2D eigenvalue weighted by Crippen LogP contribution is -1.93. The van der Waals surface area contributed by atoms with Crippen molar-refractivity contribution >= 4 is 0 Å². The fraction of sp³-hybridized carbons (Fsp3) is 0.200. The van der Waals surface area contributed by atoms with E-state index in [4.69, 9.17) is 0 Å². The summed E-state index contributed by atoms with van der Waals surface area (Å²) in [6.45, 7) is 8.63. The van der Waals surface area contributed by atoms with Gasteiger partial charge in [0.1, 0.15) is 0 Å². The molecule has 0 fully saturated rings. The highest BCUT2D eigenvalue weighted by Crippen LogP contribution is 2.16. The second-order valence-corrected chi connectivity index (χ2v) is 8.18. The number of aryl methyl sites for hydroxylation is 4. The number of hydrogen-bond acceptors (Lipinski definition) is 0. The monoisotopic (exact) mass is 392 g/mol. The van der Waals surface area contributed by atoms with E-state index in [1.165, 1.54) is 44.5 Å². The summed E-state index contributed by atoms with van der Waals surface area (Å²) in [5.41, 5.74) is 11.0. The molecular weight excluding hydrogens is 360 g/mol. The van der Waals surface area contributed by atoms with Gasteiger partial charge in [-0.05, 0) is 73.9 Å². The third-order valence-corrected chi connectivity index (χ3v) is 5.48. The first-order valence-electron chi connectivity index (χ1n) is 10.7. The predicted molar refractivity (Wildman–Crippen MR) is 130 cm³/mol. The highest BCUT2D eigenvalue weighted by atomic mass is 14.1. The quantitative estimate of drug-likeness (QED) is 0.332. The van der Waals surface area contributed by atoms with Crippen LogP contribution in [-0.4, -0.2) is 0 Å². The van der Waals surface area contributed by atoms with Crippen molar-refractivity contribution in [3.05, 3.63) is 142 Å². The van der Waals surface area contributed by atoms with Crippen LogP contribution in [0.4, 0.5) is 0 Å². The van der Waals surface area contributed by atoms with E-state index in [1.54, 1.807) is 0 Å². The molecule has 152 valence electrons. The van der Waals surface area contributed by atoms with Crippen molar-refractivity contribution < 1.29 is 0 Å². The zero-order valence-corrected chi connectivity index (χ0v) is 18.7.